The molecule has 2 N–H and O–H groups in total. The summed E-state index contributed by atoms with van der Waals surface area (Å²) in [5, 5.41) is 6.37. The van der Waals surface area contributed by atoms with Gasteiger partial charge in [-0.25, -0.2) is 4.79 Å². The summed E-state index contributed by atoms with van der Waals surface area (Å²) in [6.07, 6.45) is 4.02. The Balaban J connectivity index is 1.83. The van der Waals surface area contributed by atoms with E-state index in [0.29, 0.717) is 0 Å². The van der Waals surface area contributed by atoms with Gasteiger partial charge in [0.05, 0.1) is 12.3 Å². The largest absolute Gasteiger partial charge is 0.469 e. The van der Waals surface area contributed by atoms with E-state index in [4.69, 9.17) is 9.15 Å². The molecule has 7 heteroatoms. The molecule has 1 saturated heterocycles. The predicted octanol–water partition coefficient (Wildman–Crippen LogP) is 2.78. The van der Waals surface area contributed by atoms with Gasteiger partial charge in [0, 0.05) is 32.6 Å². The average Bonchev–Trinajstić information content (AvgIpc) is 3.20. The van der Waals surface area contributed by atoms with Crippen molar-refractivity contribution in [3.8, 4) is 0 Å². The molecule has 1 aliphatic rings. The Kier molecular flexibility index (Phi) is 7.36. The highest BCUT2D eigenvalue weighted by atomic mass is 16.6. The van der Waals surface area contributed by atoms with Crippen LogP contribution in [0, 0.1) is 0 Å². The molecule has 0 bridgehead atoms. The summed E-state index contributed by atoms with van der Waals surface area (Å²) in [4.78, 5) is 18.8. The number of nitrogens with one attached hydrogen (secondary N) is 2. The molecule has 2 rings (SSSR count). The number of carbonyl (C=O) groups is 1. The number of guanidine groups is 1. The summed E-state index contributed by atoms with van der Waals surface area (Å²) in [6, 6.07) is 3.94. The molecule has 1 amide bonds. The SMILES string of the molecule is CCCN=C(NCCc1ccco1)N1CCC(NC(=O)OC(C)(C)C)C1. The van der Waals surface area contributed by atoms with Crippen molar-refractivity contribution in [3.05, 3.63) is 24.2 Å². The van der Waals surface area contributed by atoms with Crippen LogP contribution in [0.4, 0.5) is 4.79 Å². The van der Waals surface area contributed by atoms with Crippen LogP contribution in [0.3, 0.4) is 0 Å². The molecule has 0 radical (unpaired) electrons. The van der Waals surface area contributed by atoms with Crippen LogP contribution in [0.25, 0.3) is 0 Å². The van der Waals surface area contributed by atoms with E-state index < -0.39 is 5.60 Å². The lowest BCUT2D eigenvalue weighted by atomic mass is 10.2. The van der Waals surface area contributed by atoms with Gasteiger partial charge in [-0.1, -0.05) is 6.92 Å². The lowest BCUT2D eigenvalue weighted by Crippen LogP contribution is -2.44. The number of nitrogens with zero attached hydrogens (tertiary/aromatic N) is 2. The lowest BCUT2D eigenvalue weighted by Gasteiger charge is -2.23. The number of furan rings is 1. The molecular weight excluding hydrogens is 332 g/mol. The first kappa shape index (κ1) is 20.1. The van der Waals surface area contributed by atoms with Crippen molar-refractivity contribution >= 4 is 12.1 Å². The van der Waals surface area contributed by atoms with Crippen LogP contribution in [-0.4, -0.2) is 54.8 Å². The van der Waals surface area contributed by atoms with Gasteiger partial charge in [-0.2, -0.15) is 0 Å². The van der Waals surface area contributed by atoms with E-state index in [-0.39, 0.29) is 12.1 Å². The molecule has 1 aromatic heterocycles. The highest BCUT2D eigenvalue weighted by Gasteiger charge is 2.27. The topological polar surface area (TPSA) is 79.1 Å². The number of hydrogen-bond acceptors (Lipinski definition) is 4. The standard InChI is InChI=1S/C19H32N4O3/c1-5-10-20-17(21-11-8-16-7-6-13-25-16)23-12-9-15(14-23)22-18(24)26-19(2,3)4/h6-7,13,15H,5,8-12,14H2,1-4H3,(H,20,21)(H,22,24). The molecule has 26 heavy (non-hydrogen) atoms. The summed E-state index contributed by atoms with van der Waals surface area (Å²) < 4.78 is 10.7. The van der Waals surface area contributed by atoms with Crippen molar-refractivity contribution < 1.29 is 13.9 Å². The number of amides is 1. The van der Waals surface area contributed by atoms with E-state index in [0.717, 1.165) is 57.2 Å². The van der Waals surface area contributed by atoms with Gasteiger partial charge in [0.1, 0.15) is 11.4 Å². The summed E-state index contributed by atoms with van der Waals surface area (Å²) in [6.45, 7) is 10.8. The molecule has 0 saturated carbocycles. The first-order valence-corrected chi connectivity index (χ1v) is 9.42. The van der Waals surface area contributed by atoms with E-state index in [1.165, 1.54) is 0 Å². The Bertz CT molecular complexity index is 578. The minimum atomic E-state index is -0.483. The van der Waals surface area contributed by atoms with Gasteiger partial charge in [0.15, 0.2) is 5.96 Å². The maximum atomic E-state index is 12.0. The fourth-order valence-corrected chi connectivity index (χ4v) is 2.78. The molecule has 1 aliphatic heterocycles. The number of ether oxygens (including phenoxy) is 1. The second-order valence-electron chi connectivity index (χ2n) is 7.54. The van der Waals surface area contributed by atoms with E-state index >= 15 is 0 Å². The summed E-state index contributed by atoms with van der Waals surface area (Å²) in [7, 11) is 0. The molecule has 0 spiro atoms. The molecule has 0 aliphatic carbocycles. The average molecular weight is 364 g/mol. The minimum Gasteiger partial charge on any atom is -0.469 e. The third-order valence-electron chi connectivity index (χ3n) is 3.93. The molecule has 0 aromatic carbocycles. The van der Waals surface area contributed by atoms with Crippen LogP contribution in [0.5, 0.6) is 0 Å². The zero-order chi connectivity index (χ0) is 19.0. The Morgan fingerprint density at radius 1 is 1.46 bits per heavy atom. The fraction of sp³-hybridized carbons (Fsp3) is 0.684. The van der Waals surface area contributed by atoms with Gasteiger partial charge in [-0.3, -0.25) is 4.99 Å². The molecular formula is C19H32N4O3. The number of alkyl carbamates (subject to hydrolysis) is 1. The molecule has 146 valence electrons. The van der Waals surface area contributed by atoms with Gasteiger partial charge >= 0.3 is 6.09 Å². The predicted molar refractivity (Wildman–Crippen MR) is 102 cm³/mol. The van der Waals surface area contributed by atoms with Crippen molar-refractivity contribution in [2.45, 2.75) is 58.6 Å². The summed E-state index contributed by atoms with van der Waals surface area (Å²) in [5.74, 6) is 1.85. The smallest absolute Gasteiger partial charge is 0.407 e. The third-order valence-corrected chi connectivity index (χ3v) is 3.93. The van der Waals surface area contributed by atoms with Gasteiger partial charge < -0.3 is 24.7 Å². The number of aliphatic imine (C=N–C) groups is 1. The Labute approximate surface area is 156 Å². The highest BCUT2D eigenvalue weighted by molar-refractivity contribution is 5.80. The Morgan fingerprint density at radius 3 is 2.92 bits per heavy atom. The van der Waals surface area contributed by atoms with Crippen LogP contribution in [0.1, 0.15) is 46.3 Å². The van der Waals surface area contributed by atoms with Crippen molar-refractivity contribution in [1.29, 1.82) is 0 Å². The van der Waals surface area contributed by atoms with Gasteiger partial charge in [0.2, 0.25) is 0 Å². The number of hydrogen-bond donors (Lipinski definition) is 2. The maximum Gasteiger partial charge on any atom is 0.407 e. The number of carbonyl (C=O) groups excluding carboxylic acids is 1. The first-order chi connectivity index (χ1) is 12.4. The zero-order valence-corrected chi connectivity index (χ0v) is 16.4. The Morgan fingerprint density at radius 2 is 2.27 bits per heavy atom. The van der Waals surface area contributed by atoms with E-state index in [1.807, 2.05) is 32.9 Å². The molecule has 1 fully saturated rings. The second kappa shape index (κ2) is 9.50. The highest BCUT2D eigenvalue weighted by Crippen LogP contribution is 2.12. The van der Waals surface area contributed by atoms with Gasteiger partial charge in [-0.05, 0) is 45.7 Å². The van der Waals surface area contributed by atoms with Crippen molar-refractivity contribution in [2.75, 3.05) is 26.2 Å². The quantitative estimate of drug-likeness (QED) is 0.599. The van der Waals surface area contributed by atoms with Gasteiger partial charge in [0.25, 0.3) is 0 Å². The van der Waals surface area contributed by atoms with Crippen LogP contribution in [0.15, 0.2) is 27.8 Å². The van der Waals surface area contributed by atoms with Crippen LogP contribution in [0.2, 0.25) is 0 Å². The van der Waals surface area contributed by atoms with Crippen LogP contribution >= 0.6 is 0 Å². The first-order valence-electron chi connectivity index (χ1n) is 9.42. The minimum absolute atomic E-state index is 0.0727. The van der Waals surface area contributed by atoms with Crippen molar-refractivity contribution in [1.82, 2.24) is 15.5 Å². The van der Waals surface area contributed by atoms with Gasteiger partial charge in [-0.15, -0.1) is 0 Å². The molecule has 1 aromatic rings. The van der Waals surface area contributed by atoms with Crippen LogP contribution in [-0.2, 0) is 11.2 Å². The zero-order valence-electron chi connectivity index (χ0n) is 16.4. The molecule has 1 atom stereocenters. The van der Waals surface area contributed by atoms with E-state index in [1.54, 1.807) is 6.26 Å². The third kappa shape index (κ3) is 6.98. The van der Waals surface area contributed by atoms with E-state index in [9.17, 15) is 4.79 Å². The Hall–Kier alpha value is -2.18. The van der Waals surface area contributed by atoms with E-state index in [2.05, 4.69) is 27.4 Å². The second-order valence-corrected chi connectivity index (χ2v) is 7.54. The maximum absolute atomic E-state index is 12.0. The normalized spacial score (nSPS) is 18.1. The van der Waals surface area contributed by atoms with Crippen LogP contribution < -0.4 is 10.6 Å². The summed E-state index contributed by atoms with van der Waals surface area (Å²) in [5.41, 5.74) is -0.483. The number of likely N-dealkylation sites (tertiary alicyclic amines) is 1. The molecule has 1 unspecified atom stereocenters. The van der Waals surface area contributed by atoms with Crippen molar-refractivity contribution in [2.24, 2.45) is 4.99 Å². The fourth-order valence-electron chi connectivity index (χ4n) is 2.78. The lowest BCUT2D eigenvalue weighted by molar-refractivity contribution is 0.0507. The summed E-state index contributed by atoms with van der Waals surface area (Å²) >= 11 is 0. The molecule has 7 nitrogen and oxygen atoms in total. The van der Waals surface area contributed by atoms with Crippen molar-refractivity contribution in [3.63, 3.8) is 0 Å². The molecule has 2 heterocycles. The monoisotopic (exact) mass is 364 g/mol. The number of rotatable bonds is 6.